The SMILES string of the molecule is CCOC1CC2(CCN(Cc3nc(Cc4ccccc4)no3)C2)C1. The van der Waals surface area contributed by atoms with Gasteiger partial charge in [-0.15, -0.1) is 0 Å². The van der Waals surface area contributed by atoms with E-state index in [4.69, 9.17) is 9.26 Å². The van der Waals surface area contributed by atoms with Crippen molar-refractivity contribution in [3.63, 3.8) is 0 Å². The van der Waals surface area contributed by atoms with E-state index in [0.29, 0.717) is 11.5 Å². The summed E-state index contributed by atoms with van der Waals surface area (Å²) in [4.78, 5) is 7.01. The molecule has 1 aliphatic carbocycles. The van der Waals surface area contributed by atoms with E-state index >= 15 is 0 Å². The number of ether oxygens (including phenoxy) is 1. The second-order valence-corrected chi connectivity index (χ2v) is 7.21. The van der Waals surface area contributed by atoms with Crippen molar-refractivity contribution >= 4 is 0 Å². The monoisotopic (exact) mass is 327 g/mol. The van der Waals surface area contributed by atoms with Crippen LogP contribution in [-0.4, -0.2) is 40.8 Å². The molecular weight excluding hydrogens is 302 g/mol. The molecule has 0 radical (unpaired) electrons. The summed E-state index contributed by atoms with van der Waals surface area (Å²) in [5, 5.41) is 4.13. The molecule has 0 bridgehead atoms. The first kappa shape index (κ1) is 15.8. The highest BCUT2D eigenvalue weighted by Crippen LogP contribution is 2.49. The van der Waals surface area contributed by atoms with Gasteiger partial charge in [-0.3, -0.25) is 4.90 Å². The Hall–Kier alpha value is -1.72. The minimum Gasteiger partial charge on any atom is -0.378 e. The molecular formula is C19H25N3O2. The third-order valence-electron chi connectivity index (χ3n) is 5.32. The Morgan fingerprint density at radius 2 is 2.12 bits per heavy atom. The van der Waals surface area contributed by atoms with E-state index in [1.54, 1.807) is 0 Å². The minimum absolute atomic E-state index is 0.479. The molecule has 24 heavy (non-hydrogen) atoms. The van der Waals surface area contributed by atoms with E-state index in [1.165, 1.54) is 24.8 Å². The van der Waals surface area contributed by atoms with Crippen molar-refractivity contribution in [1.82, 2.24) is 15.0 Å². The summed E-state index contributed by atoms with van der Waals surface area (Å²) in [5.74, 6) is 1.50. The lowest BCUT2D eigenvalue weighted by molar-refractivity contribution is -0.0720. The Kier molecular flexibility index (Phi) is 4.37. The maximum Gasteiger partial charge on any atom is 0.240 e. The smallest absolute Gasteiger partial charge is 0.240 e. The molecule has 0 amide bonds. The van der Waals surface area contributed by atoms with Crippen molar-refractivity contribution in [2.75, 3.05) is 19.7 Å². The number of likely N-dealkylation sites (tertiary alicyclic amines) is 1. The topological polar surface area (TPSA) is 51.4 Å². The van der Waals surface area contributed by atoms with Crippen LogP contribution in [0, 0.1) is 5.41 Å². The molecule has 2 heterocycles. The molecule has 2 aromatic rings. The molecule has 1 aliphatic heterocycles. The van der Waals surface area contributed by atoms with E-state index < -0.39 is 0 Å². The van der Waals surface area contributed by atoms with Crippen molar-refractivity contribution < 1.29 is 9.26 Å². The highest BCUT2D eigenvalue weighted by Gasteiger charge is 2.48. The van der Waals surface area contributed by atoms with Crippen LogP contribution < -0.4 is 0 Å². The summed E-state index contributed by atoms with van der Waals surface area (Å²) in [6.45, 7) is 5.93. The van der Waals surface area contributed by atoms with Crippen LogP contribution in [0.5, 0.6) is 0 Å². The normalized spacial score (nSPS) is 26.8. The number of rotatable bonds is 6. The molecule has 1 saturated heterocycles. The van der Waals surface area contributed by atoms with Crippen LogP contribution >= 0.6 is 0 Å². The predicted molar refractivity (Wildman–Crippen MR) is 90.5 cm³/mol. The van der Waals surface area contributed by atoms with Crippen LogP contribution in [0.4, 0.5) is 0 Å². The number of aromatic nitrogens is 2. The van der Waals surface area contributed by atoms with Gasteiger partial charge in [0, 0.05) is 19.6 Å². The van der Waals surface area contributed by atoms with Gasteiger partial charge in [-0.25, -0.2) is 0 Å². The lowest BCUT2D eigenvalue weighted by atomic mass is 9.66. The fraction of sp³-hybridized carbons (Fsp3) is 0.579. The summed E-state index contributed by atoms with van der Waals surface area (Å²) >= 11 is 0. The zero-order valence-electron chi connectivity index (χ0n) is 14.3. The third-order valence-corrected chi connectivity index (χ3v) is 5.32. The molecule has 1 aromatic heterocycles. The number of nitrogens with zero attached hydrogens (tertiary/aromatic N) is 3. The Bertz CT molecular complexity index is 664. The van der Waals surface area contributed by atoms with Crippen molar-refractivity contribution in [1.29, 1.82) is 0 Å². The summed E-state index contributed by atoms with van der Waals surface area (Å²) in [6, 6.07) is 10.3. The zero-order chi connectivity index (χ0) is 16.4. The van der Waals surface area contributed by atoms with Gasteiger partial charge in [-0.05, 0) is 43.7 Å². The van der Waals surface area contributed by atoms with Gasteiger partial charge >= 0.3 is 0 Å². The van der Waals surface area contributed by atoms with Gasteiger partial charge in [0.1, 0.15) is 0 Å². The predicted octanol–water partition coefficient (Wildman–Crippen LogP) is 3.05. The highest BCUT2D eigenvalue weighted by atomic mass is 16.5. The number of hydrogen-bond acceptors (Lipinski definition) is 5. The average molecular weight is 327 g/mol. The van der Waals surface area contributed by atoms with Crippen molar-refractivity contribution in [2.45, 2.75) is 45.3 Å². The quantitative estimate of drug-likeness (QED) is 0.816. The molecule has 4 rings (SSSR count). The van der Waals surface area contributed by atoms with Crippen molar-refractivity contribution in [3.05, 3.63) is 47.6 Å². The number of hydrogen-bond donors (Lipinski definition) is 0. The van der Waals surface area contributed by atoms with Crippen LogP contribution in [0.15, 0.2) is 34.9 Å². The molecule has 1 saturated carbocycles. The maximum atomic E-state index is 5.72. The minimum atomic E-state index is 0.479. The number of benzene rings is 1. The second-order valence-electron chi connectivity index (χ2n) is 7.21. The molecule has 1 aromatic carbocycles. The first-order valence-electron chi connectivity index (χ1n) is 8.94. The van der Waals surface area contributed by atoms with Gasteiger partial charge in [-0.1, -0.05) is 35.5 Å². The van der Waals surface area contributed by atoms with E-state index in [9.17, 15) is 0 Å². The molecule has 0 atom stereocenters. The van der Waals surface area contributed by atoms with Gasteiger partial charge < -0.3 is 9.26 Å². The molecule has 5 nitrogen and oxygen atoms in total. The van der Waals surface area contributed by atoms with Crippen LogP contribution in [0.2, 0.25) is 0 Å². The Morgan fingerprint density at radius 3 is 2.92 bits per heavy atom. The largest absolute Gasteiger partial charge is 0.378 e. The fourth-order valence-corrected chi connectivity index (χ4v) is 4.15. The fourth-order valence-electron chi connectivity index (χ4n) is 4.15. The Labute approximate surface area is 143 Å². The summed E-state index contributed by atoms with van der Waals surface area (Å²) in [7, 11) is 0. The molecule has 1 spiro atoms. The first-order chi connectivity index (χ1) is 11.7. The highest BCUT2D eigenvalue weighted by molar-refractivity contribution is 5.18. The van der Waals surface area contributed by atoms with Crippen LogP contribution in [0.1, 0.15) is 43.5 Å². The third kappa shape index (κ3) is 3.37. The first-order valence-corrected chi connectivity index (χ1v) is 8.94. The van der Waals surface area contributed by atoms with Crippen LogP contribution in [0.25, 0.3) is 0 Å². The lowest BCUT2D eigenvalue weighted by Gasteiger charge is -2.44. The van der Waals surface area contributed by atoms with Crippen LogP contribution in [-0.2, 0) is 17.7 Å². The molecule has 128 valence electrons. The van der Waals surface area contributed by atoms with Crippen molar-refractivity contribution in [2.24, 2.45) is 5.41 Å². The van der Waals surface area contributed by atoms with Gasteiger partial charge in [-0.2, -0.15) is 4.98 Å². The summed E-state index contributed by atoms with van der Waals surface area (Å²) in [6.07, 6.45) is 4.89. The average Bonchev–Trinajstić information content (AvgIpc) is 3.16. The van der Waals surface area contributed by atoms with E-state index in [2.05, 4.69) is 34.1 Å². The van der Waals surface area contributed by atoms with Gasteiger partial charge in [0.15, 0.2) is 5.82 Å². The Balaban J connectivity index is 1.29. The summed E-state index contributed by atoms with van der Waals surface area (Å²) in [5.41, 5.74) is 1.69. The summed E-state index contributed by atoms with van der Waals surface area (Å²) < 4.78 is 11.2. The second kappa shape index (κ2) is 6.65. The van der Waals surface area contributed by atoms with Gasteiger partial charge in [0.05, 0.1) is 12.6 Å². The van der Waals surface area contributed by atoms with Crippen molar-refractivity contribution in [3.8, 4) is 0 Å². The molecule has 5 heteroatoms. The lowest BCUT2D eigenvalue weighted by Crippen LogP contribution is -2.44. The zero-order valence-corrected chi connectivity index (χ0v) is 14.3. The standard InChI is InChI=1S/C19H25N3O2/c1-2-23-16-11-19(12-16)8-9-22(14-19)13-18-20-17(21-24-18)10-15-6-4-3-5-7-15/h3-7,16H,2,8-14H2,1H3. The molecule has 2 fully saturated rings. The Morgan fingerprint density at radius 1 is 1.29 bits per heavy atom. The van der Waals surface area contributed by atoms with E-state index in [-0.39, 0.29) is 0 Å². The van der Waals surface area contributed by atoms with E-state index in [1.807, 2.05) is 18.2 Å². The van der Waals surface area contributed by atoms with Crippen LogP contribution in [0.3, 0.4) is 0 Å². The van der Waals surface area contributed by atoms with Gasteiger partial charge in [0.2, 0.25) is 5.89 Å². The molecule has 0 unspecified atom stereocenters. The van der Waals surface area contributed by atoms with E-state index in [0.717, 1.165) is 44.4 Å². The van der Waals surface area contributed by atoms with Gasteiger partial charge in [0.25, 0.3) is 0 Å². The maximum absolute atomic E-state index is 5.72. The molecule has 0 N–H and O–H groups in total. The molecule has 2 aliphatic rings.